The molecule has 1 aromatic carbocycles. The fraction of sp³-hybridized carbons (Fsp3) is 0.267. The SMILES string of the molecule is C=CCn1c(COc2ccccc2F)nnc1SCC(C)=O. The van der Waals surface area contributed by atoms with Crippen molar-refractivity contribution < 1.29 is 13.9 Å². The van der Waals surface area contributed by atoms with E-state index < -0.39 is 5.82 Å². The van der Waals surface area contributed by atoms with Crippen LogP contribution in [0.3, 0.4) is 0 Å². The highest BCUT2D eigenvalue weighted by molar-refractivity contribution is 7.99. The molecule has 0 unspecified atom stereocenters. The molecule has 0 aliphatic carbocycles. The molecule has 0 N–H and O–H groups in total. The molecule has 116 valence electrons. The predicted molar refractivity (Wildman–Crippen MR) is 82.4 cm³/mol. The lowest BCUT2D eigenvalue weighted by molar-refractivity contribution is -0.114. The van der Waals surface area contributed by atoms with Crippen molar-refractivity contribution in [3.05, 3.63) is 48.6 Å². The van der Waals surface area contributed by atoms with Gasteiger partial charge in [0.15, 0.2) is 22.5 Å². The Bertz CT molecular complexity index is 673. The fourth-order valence-electron chi connectivity index (χ4n) is 1.72. The van der Waals surface area contributed by atoms with Crippen LogP contribution < -0.4 is 4.74 Å². The minimum Gasteiger partial charge on any atom is -0.483 e. The molecule has 0 amide bonds. The van der Waals surface area contributed by atoms with Crippen LogP contribution in [-0.2, 0) is 17.9 Å². The molecule has 1 heterocycles. The molecule has 0 saturated heterocycles. The lowest BCUT2D eigenvalue weighted by atomic mass is 10.3. The molecule has 0 spiro atoms. The third-order valence-corrected chi connectivity index (χ3v) is 3.81. The molecule has 0 bridgehead atoms. The lowest BCUT2D eigenvalue weighted by Crippen LogP contribution is -2.08. The first-order valence-electron chi connectivity index (χ1n) is 6.64. The van der Waals surface area contributed by atoms with Crippen molar-refractivity contribution in [1.29, 1.82) is 0 Å². The Hall–Kier alpha value is -2.15. The highest BCUT2D eigenvalue weighted by atomic mass is 32.2. The van der Waals surface area contributed by atoms with Crippen molar-refractivity contribution in [2.45, 2.75) is 25.2 Å². The van der Waals surface area contributed by atoms with Crippen LogP contribution in [0.4, 0.5) is 4.39 Å². The summed E-state index contributed by atoms with van der Waals surface area (Å²) in [5.74, 6) is 0.664. The van der Waals surface area contributed by atoms with Crippen LogP contribution in [0.25, 0.3) is 0 Å². The van der Waals surface area contributed by atoms with Crippen LogP contribution in [-0.4, -0.2) is 26.3 Å². The number of para-hydroxylation sites is 1. The van der Waals surface area contributed by atoms with Gasteiger partial charge in [0.25, 0.3) is 0 Å². The smallest absolute Gasteiger partial charge is 0.192 e. The van der Waals surface area contributed by atoms with Gasteiger partial charge in [-0.05, 0) is 19.1 Å². The molecule has 0 radical (unpaired) electrons. The normalized spacial score (nSPS) is 10.5. The molecule has 0 aliphatic heterocycles. The number of allylic oxidation sites excluding steroid dienone is 1. The molecule has 0 aliphatic rings. The van der Waals surface area contributed by atoms with Crippen LogP contribution in [0.1, 0.15) is 12.7 Å². The maximum absolute atomic E-state index is 13.5. The zero-order valence-corrected chi connectivity index (χ0v) is 13.0. The Labute approximate surface area is 132 Å². The molecule has 0 atom stereocenters. The van der Waals surface area contributed by atoms with Gasteiger partial charge in [0.05, 0.1) is 5.75 Å². The van der Waals surface area contributed by atoms with Crippen molar-refractivity contribution >= 4 is 17.5 Å². The number of nitrogens with zero attached hydrogens (tertiary/aromatic N) is 3. The molecule has 0 saturated carbocycles. The van der Waals surface area contributed by atoms with Crippen LogP contribution in [0.15, 0.2) is 42.1 Å². The molecule has 1 aromatic heterocycles. The molecular weight excluding hydrogens is 305 g/mol. The second-order valence-electron chi connectivity index (χ2n) is 4.51. The van der Waals surface area contributed by atoms with E-state index in [2.05, 4.69) is 16.8 Å². The van der Waals surface area contributed by atoms with E-state index in [1.165, 1.54) is 24.8 Å². The Morgan fingerprint density at radius 3 is 2.91 bits per heavy atom. The summed E-state index contributed by atoms with van der Waals surface area (Å²) in [6, 6.07) is 6.17. The lowest BCUT2D eigenvalue weighted by Gasteiger charge is -2.09. The minimum absolute atomic E-state index is 0.0577. The first-order valence-corrected chi connectivity index (χ1v) is 7.63. The van der Waals surface area contributed by atoms with Crippen LogP contribution >= 0.6 is 11.8 Å². The zero-order valence-electron chi connectivity index (χ0n) is 12.2. The summed E-state index contributed by atoms with van der Waals surface area (Å²) in [4.78, 5) is 11.1. The van der Waals surface area contributed by atoms with Crippen molar-refractivity contribution in [3.8, 4) is 5.75 Å². The van der Waals surface area contributed by atoms with Crippen LogP contribution in [0, 0.1) is 5.82 Å². The third-order valence-electron chi connectivity index (χ3n) is 2.70. The maximum atomic E-state index is 13.5. The maximum Gasteiger partial charge on any atom is 0.192 e. The van der Waals surface area contributed by atoms with Gasteiger partial charge in [-0.1, -0.05) is 30.0 Å². The first kappa shape index (κ1) is 16.2. The van der Waals surface area contributed by atoms with E-state index in [0.29, 0.717) is 23.3 Å². The average molecular weight is 321 g/mol. The van der Waals surface area contributed by atoms with Gasteiger partial charge in [-0.25, -0.2) is 4.39 Å². The van der Waals surface area contributed by atoms with E-state index in [4.69, 9.17) is 4.74 Å². The van der Waals surface area contributed by atoms with Gasteiger partial charge in [-0.3, -0.25) is 9.36 Å². The fourth-order valence-corrected chi connectivity index (χ4v) is 2.48. The van der Waals surface area contributed by atoms with Crippen molar-refractivity contribution in [3.63, 3.8) is 0 Å². The molecule has 2 rings (SSSR count). The minimum atomic E-state index is -0.427. The molecule has 0 fully saturated rings. The molecule has 22 heavy (non-hydrogen) atoms. The van der Waals surface area contributed by atoms with Crippen LogP contribution in [0.2, 0.25) is 0 Å². The van der Waals surface area contributed by atoms with Gasteiger partial charge in [0, 0.05) is 6.54 Å². The Morgan fingerprint density at radius 2 is 2.23 bits per heavy atom. The molecular formula is C15H16FN3O2S. The summed E-state index contributed by atoms with van der Waals surface area (Å²) in [7, 11) is 0. The number of thioether (sulfide) groups is 1. The van der Waals surface area contributed by atoms with E-state index >= 15 is 0 Å². The largest absolute Gasteiger partial charge is 0.483 e. The molecule has 5 nitrogen and oxygen atoms in total. The predicted octanol–water partition coefficient (Wildman–Crippen LogP) is 2.86. The quantitative estimate of drug-likeness (QED) is 0.553. The number of hydrogen-bond acceptors (Lipinski definition) is 5. The summed E-state index contributed by atoms with van der Waals surface area (Å²) in [5.41, 5.74) is 0. The summed E-state index contributed by atoms with van der Waals surface area (Å²) < 4.78 is 20.8. The van der Waals surface area contributed by atoms with Crippen molar-refractivity contribution in [2.24, 2.45) is 0 Å². The monoisotopic (exact) mass is 321 g/mol. The van der Waals surface area contributed by atoms with Gasteiger partial charge >= 0.3 is 0 Å². The second-order valence-corrected chi connectivity index (χ2v) is 5.45. The molecule has 2 aromatic rings. The van der Waals surface area contributed by atoms with Crippen molar-refractivity contribution in [1.82, 2.24) is 14.8 Å². The van der Waals surface area contributed by atoms with E-state index in [9.17, 15) is 9.18 Å². The van der Waals surface area contributed by atoms with Crippen molar-refractivity contribution in [2.75, 3.05) is 5.75 Å². The van der Waals surface area contributed by atoms with Gasteiger partial charge < -0.3 is 4.74 Å². The number of carbonyl (C=O) groups excluding carboxylic acids is 1. The second kappa shape index (κ2) is 7.74. The number of rotatable bonds is 8. The number of halogens is 1. The number of hydrogen-bond donors (Lipinski definition) is 0. The first-order chi connectivity index (χ1) is 10.6. The number of ether oxygens (including phenoxy) is 1. The number of benzene rings is 1. The van der Waals surface area contributed by atoms with Gasteiger partial charge in [-0.15, -0.1) is 16.8 Å². The number of aromatic nitrogens is 3. The Kier molecular flexibility index (Phi) is 5.71. The number of ketones is 1. The third kappa shape index (κ3) is 4.17. The summed E-state index contributed by atoms with van der Waals surface area (Å²) in [6.07, 6.45) is 1.70. The average Bonchev–Trinajstić information content (AvgIpc) is 2.87. The number of Topliss-reactive ketones (excluding diaryl/α,β-unsaturated/α-hetero) is 1. The van der Waals surface area contributed by atoms with Gasteiger partial charge in [-0.2, -0.15) is 0 Å². The summed E-state index contributed by atoms with van der Waals surface area (Å²) in [5, 5.41) is 8.70. The Balaban J connectivity index is 2.11. The topological polar surface area (TPSA) is 57.0 Å². The van der Waals surface area contributed by atoms with E-state index in [1.807, 2.05) is 0 Å². The van der Waals surface area contributed by atoms with E-state index in [-0.39, 0.29) is 18.1 Å². The molecule has 7 heteroatoms. The Morgan fingerprint density at radius 1 is 1.45 bits per heavy atom. The highest BCUT2D eigenvalue weighted by Gasteiger charge is 2.13. The summed E-state index contributed by atoms with van der Waals surface area (Å²) >= 11 is 1.30. The zero-order chi connectivity index (χ0) is 15.9. The van der Waals surface area contributed by atoms with E-state index in [0.717, 1.165) is 0 Å². The number of carbonyl (C=O) groups is 1. The standard InChI is InChI=1S/C15H16FN3O2S/c1-3-8-19-14(17-18-15(19)22-10-11(2)20)9-21-13-7-5-4-6-12(13)16/h3-7H,1,8-10H2,2H3. The van der Waals surface area contributed by atoms with Gasteiger partial charge in [0.2, 0.25) is 0 Å². The van der Waals surface area contributed by atoms with Gasteiger partial charge in [0.1, 0.15) is 12.4 Å². The summed E-state index contributed by atoms with van der Waals surface area (Å²) in [6.45, 7) is 5.78. The van der Waals surface area contributed by atoms with E-state index in [1.54, 1.807) is 28.8 Å². The van der Waals surface area contributed by atoms with Crippen LogP contribution in [0.5, 0.6) is 5.75 Å². The highest BCUT2D eigenvalue weighted by Crippen LogP contribution is 2.20.